The molecule has 2 aromatic heterocycles. The van der Waals surface area contributed by atoms with Crippen molar-refractivity contribution in [3.63, 3.8) is 0 Å². The maximum absolute atomic E-state index is 5.20. The van der Waals surface area contributed by atoms with Crippen LogP contribution in [0.5, 0.6) is 0 Å². The SMILES string of the molecule is CNC(=S)Nc1ccc2nc(SCc3c(C)noc3C)sc2c1. The molecular weight excluding hydrogens is 348 g/mol. The number of nitrogens with one attached hydrogen (secondary N) is 2. The summed E-state index contributed by atoms with van der Waals surface area (Å²) in [4.78, 5) is 4.67. The van der Waals surface area contributed by atoms with Crippen molar-refractivity contribution in [2.75, 3.05) is 12.4 Å². The second-order valence-corrected chi connectivity index (χ2v) is 7.62. The molecule has 0 amide bonds. The van der Waals surface area contributed by atoms with E-state index in [1.165, 1.54) is 0 Å². The van der Waals surface area contributed by atoms with Gasteiger partial charge < -0.3 is 15.2 Å². The lowest BCUT2D eigenvalue weighted by Gasteiger charge is -2.05. The maximum atomic E-state index is 5.20. The summed E-state index contributed by atoms with van der Waals surface area (Å²) in [5.74, 6) is 1.69. The van der Waals surface area contributed by atoms with Crippen LogP contribution in [0, 0.1) is 13.8 Å². The van der Waals surface area contributed by atoms with E-state index in [2.05, 4.69) is 26.8 Å². The molecule has 0 saturated carbocycles. The fraction of sp³-hybridized carbons (Fsp3) is 0.267. The third-order valence-electron chi connectivity index (χ3n) is 3.37. The molecule has 0 aliphatic carbocycles. The summed E-state index contributed by atoms with van der Waals surface area (Å²) in [5, 5.41) is 10.6. The van der Waals surface area contributed by atoms with Gasteiger partial charge >= 0.3 is 0 Å². The van der Waals surface area contributed by atoms with Gasteiger partial charge in [0.2, 0.25) is 0 Å². The number of anilines is 1. The number of nitrogens with zero attached hydrogens (tertiary/aromatic N) is 2. The standard InChI is InChI=1S/C15H16N4OS3/c1-8-11(9(2)20-19-8)7-22-15-18-12-5-4-10(6-13(12)23-15)17-14(21)16-3/h4-6H,7H2,1-3H3,(H2,16,17,21). The molecule has 0 aliphatic rings. The minimum atomic E-state index is 0.599. The Kier molecular flexibility index (Phi) is 4.84. The van der Waals surface area contributed by atoms with Gasteiger partial charge in [-0.2, -0.15) is 0 Å². The molecule has 0 spiro atoms. The van der Waals surface area contributed by atoms with Crippen LogP contribution in [0.4, 0.5) is 5.69 Å². The maximum Gasteiger partial charge on any atom is 0.170 e. The lowest BCUT2D eigenvalue weighted by molar-refractivity contribution is 0.392. The van der Waals surface area contributed by atoms with Crippen molar-refractivity contribution in [1.29, 1.82) is 0 Å². The van der Waals surface area contributed by atoms with E-state index >= 15 is 0 Å². The van der Waals surface area contributed by atoms with Gasteiger partial charge in [-0.25, -0.2) is 4.98 Å². The van der Waals surface area contributed by atoms with Crippen molar-refractivity contribution in [3.8, 4) is 0 Å². The molecule has 0 saturated heterocycles. The first-order chi connectivity index (χ1) is 11.1. The van der Waals surface area contributed by atoms with Crippen LogP contribution >= 0.6 is 35.3 Å². The molecular formula is C15H16N4OS3. The smallest absolute Gasteiger partial charge is 0.170 e. The van der Waals surface area contributed by atoms with Crippen molar-refractivity contribution in [2.45, 2.75) is 23.9 Å². The number of aryl methyl sites for hydroxylation is 2. The van der Waals surface area contributed by atoms with Gasteiger partial charge in [0.25, 0.3) is 0 Å². The predicted molar refractivity (Wildman–Crippen MR) is 100 cm³/mol. The number of thioether (sulfide) groups is 1. The molecule has 0 unspecified atom stereocenters. The highest BCUT2D eigenvalue weighted by Crippen LogP contribution is 2.33. The van der Waals surface area contributed by atoms with Gasteiger partial charge in [0.1, 0.15) is 5.76 Å². The third kappa shape index (κ3) is 3.65. The number of fused-ring (bicyclic) bond motifs is 1. The molecule has 2 heterocycles. The van der Waals surface area contributed by atoms with Gasteiger partial charge in [0.15, 0.2) is 9.45 Å². The lowest BCUT2D eigenvalue weighted by Crippen LogP contribution is -2.23. The minimum absolute atomic E-state index is 0.599. The van der Waals surface area contributed by atoms with Gasteiger partial charge in [0.05, 0.1) is 15.9 Å². The van der Waals surface area contributed by atoms with E-state index in [1.54, 1.807) is 30.1 Å². The second kappa shape index (κ2) is 6.86. The van der Waals surface area contributed by atoms with Crippen LogP contribution in [0.3, 0.4) is 0 Å². The normalized spacial score (nSPS) is 10.9. The Bertz CT molecular complexity index is 836. The first-order valence-corrected chi connectivity index (χ1v) is 9.21. The van der Waals surface area contributed by atoms with Crippen molar-refractivity contribution < 1.29 is 4.52 Å². The zero-order valence-electron chi connectivity index (χ0n) is 13.0. The highest BCUT2D eigenvalue weighted by molar-refractivity contribution is 8.00. The topological polar surface area (TPSA) is 63.0 Å². The molecule has 1 aromatic carbocycles. The van der Waals surface area contributed by atoms with Crippen LogP contribution in [-0.2, 0) is 5.75 Å². The molecule has 3 aromatic rings. The number of hydrogen-bond donors (Lipinski definition) is 2. The molecule has 3 rings (SSSR count). The van der Waals surface area contributed by atoms with Crippen LogP contribution in [0.2, 0.25) is 0 Å². The number of thiocarbonyl (C=S) groups is 1. The third-order valence-corrected chi connectivity index (χ3v) is 5.87. The summed E-state index contributed by atoms with van der Waals surface area (Å²) >= 11 is 8.51. The Morgan fingerprint density at radius 3 is 2.91 bits per heavy atom. The molecule has 23 heavy (non-hydrogen) atoms. The minimum Gasteiger partial charge on any atom is -0.366 e. The zero-order valence-corrected chi connectivity index (χ0v) is 15.4. The summed E-state index contributed by atoms with van der Waals surface area (Å²) in [6.45, 7) is 3.91. The largest absolute Gasteiger partial charge is 0.366 e. The van der Waals surface area contributed by atoms with Crippen molar-refractivity contribution in [2.24, 2.45) is 0 Å². The van der Waals surface area contributed by atoms with Crippen molar-refractivity contribution >= 4 is 56.3 Å². The average molecular weight is 365 g/mol. The second-order valence-electron chi connectivity index (χ2n) is 4.96. The zero-order chi connectivity index (χ0) is 16.4. The number of benzene rings is 1. The molecule has 120 valence electrons. The van der Waals surface area contributed by atoms with Crippen LogP contribution < -0.4 is 10.6 Å². The molecule has 2 N–H and O–H groups in total. The fourth-order valence-electron chi connectivity index (χ4n) is 2.08. The molecule has 0 aliphatic heterocycles. The molecule has 0 radical (unpaired) electrons. The first kappa shape index (κ1) is 16.2. The van der Waals surface area contributed by atoms with E-state index in [-0.39, 0.29) is 0 Å². The molecule has 5 nitrogen and oxygen atoms in total. The van der Waals surface area contributed by atoms with Crippen molar-refractivity contribution in [1.82, 2.24) is 15.5 Å². The molecule has 0 fully saturated rings. The van der Waals surface area contributed by atoms with E-state index in [1.807, 2.05) is 26.0 Å². The van der Waals surface area contributed by atoms with E-state index in [9.17, 15) is 0 Å². The van der Waals surface area contributed by atoms with Gasteiger partial charge in [-0.1, -0.05) is 16.9 Å². The number of hydrogen-bond acceptors (Lipinski definition) is 6. The van der Waals surface area contributed by atoms with Gasteiger partial charge in [-0.15, -0.1) is 11.3 Å². The number of rotatable bonds is 4. The number of thiazole rings is 1. The average Bonchev–Trinajstić information content (AvgIpc) is 3.08. The van der Waals surface area contributed by atoms with Crippen LogP contribution in [0.25, 0.3) is 10.2 Å². The summed E-state index contributed by atoms with van der Waals surface area (Å²) in [7, 11) is 1.80. The van der Waals surface area contributed by atoms with Crippen molar-refractivity contribution in [3.05, 3.63) is 35.2 Å². The van der Waals surface area contributed by atoms with Crippen LogP contribution in [-0.4, -0.2) is 22.3 Å². The summed E-state index contributed by atoms with van der Waals surface area (Å²) in [6, 6.07) is 6.05. The number of aromatic nitrogens is 2. The lowest BCUT2D eigenvalue weighted by atomic mass is 10.2. The Balaban J connectivity index is 1.76. The highest BCUT2D eigenvalue weighted by Gasteiger charge is 2.11. The molecule has 0 bridgehead atoms. The monoisotopic (exact) mass is 364 g/mol. The summed E-state index contributed by atoms with van der Waals surface area (Å²) in [5.41, 5.74) is 4.05. The van der Waals surface area contributed by atoms with Gasteiger partial charge in [-0.05, 0) is 44.3 Å². The van der Waals surface area contributed by atoms with Crippen LogP contribution in [0.15, 0.2) is 27.1 Å². The van der Waals surface area contributed by atoms with Gasteiger partial charge in [-0.3, -0.25) is 0 Å². The summed E-state index contributed by atoms with van der Waals surface area (Å²) in [6.07, 6.45) is 0. The Hall–Kier alpha value is -1.64. The Morgan fingerprint density at radius 2 is 2.22 bits per heavy atom. The highest BCUT2D eigenvalue weighted by atomic mass is 32.2. The molecule has 8 heteroatoms. The van der Waals surface area contributed by atoms with E-state index in [0.29, 0.717) is 5.11 Å². The van der Waals surface area contributed by atoms with Gasteiger partial charge in [0, 0.05) is 24.1 Å². The first-order valence-electron chi connectivity index (χ1n) is 7.00. The van der Waals surface area contributed by atoms with Crippen LogP contribution in [0.1, 0.15) is 17.0 Å². The Morgan fingerprint density at radius 1 is 1.39 bits per heavy atom. The van der Waals surface area contributed by atoms with E-state index in [0.717, 1.165) is 43.0 Å². The quantitative estimate of drug-likeness (QED) is 0.533. The predicted octanol–water partition coefficient (Wildman–Crippen LogP) is 4.11. The molecule has 0 atom stereocenters. The van der Waals surface area contributed by atoms with E-state index in [4.69, 9.17) is 16.7 Å². The van der Waals surface area contributed by atoms with E-state index < -0.39 is 0 Å². The Labute approximate surface area is 147 Å². The summed E-state index contributed by atoms with van der Waals surface area (Å²) < 4.78 is 7.37. The fourth-order valence-corrected chi connectivity index (χ4v) is 4.46.